The van der Waals surface area contributed by atoms with Gasteiger partial charge in [0, 0.05) is 44.7 Å². The molecular weight excluding hydrogens is 330 g/mol. The molecule has 1 unspecified atom stereocenters. The SMILES string of the molecule is CCCC(C)n1ccc2c3c(ccc21)c1oc3c2cc3ccccc3cc21. The molecule has 0 aliphatic rings. The first kappa shape index (κ1) is 15.1. The Hall–Kier alpha value is -3.00. The standard InChI is InChI=1S/C25H21NO/c1-3-6-15(2)26-12-11-18-22(26)10-9-19-23(18)25-21-14-17-8-5-4-7-16(17)13-20(21)24(19)27-25/h4-5,7-15H,3,6H2,1-2H3. The van der Waals surface area contributed by atoms with Crippen LogP contribution in [0.5, 0.6) is 0 Å². The van der Waals surface area contributed by atoms with E-state index in [9.17, 15) is 0 Å². The first-order valence-electron chi connectivity index (χ1n) is 9.86. The Morgan fingerprint density at radius 2 is 1.59 bits per heavy atom. The summed E-state index contributed by atoms with van der Waals surface area (Å²) in [6, 6.07) is 20.4. The summed E-state index contributed by atoms with van der Waals surface area (Å²) in [7, 11) is 0. The number of nitrogens with zero attached hydrogens (tertiary/aromatic N) is 1. The molecule has 2 nitrogen and oxygen atoms in total. The molecule has 132 valence electrons. The second kappa shape index (κ2) is 5.26. The van der Waals surface area contributed by atoms with E-state index in [0.29, 0.717) is 6.04 Å². The van der Waals surface area contributed by atoms with Crippen molar-refractivity contribution < 1.29 is 4.42 Å². The maximum atomic E-state index is 6.33. The van der Waals surface area contributed by atoms with Gasteiger partial charge in [0.2, 0.25) is 0 Å². The molecule has 0 N–H and O–H groups in total. The molecule has 6 rings (SSSR count). The van der Waals surface area contributed by atoms with E-state index in [1.165, 1.54) is 56.1 Å². The largest absolute Gasteiger partial charge is 0.455 e. The fraction of sp³-hybridized carbons (Fsp3) is 0.200. The van der Waals surface area contributed by atoms with Crippen LogP contribution >= 0.6 is 0 Å². The van der Waals surface area contributed by atoms with Crippen LogP contribution in [0, 0.1) is 0 Å². The average molecular weight is 351 g/mol. The minimum absolute atomic E-state index is 0.513. The summed E-state index contributed by atoms with van der Waals surface area (Å²) >= 11 is 0. The Bertz CT molecular complexity index is 1450. The Balaban J connectivity index is 1.72. The zero-order valence-corrected chi connectivity index (χ0v) is 15.6. The van der Waals surface area contributed by atoms with Gasteiger partial charge < -0.3 is 8.98 Å². The zero-order valence-electron chi connectivity index (χ0n) is 15.6. The highest BCUT2D eigenvalue weighted by atomic mass is 16.3. The molecule has 0 saturated heterocycles. The molecule has 6 aromatic rings. The van der Waals surface area contributed by atoms with Gasteiger partial charge in [-0.15, -0.1) is 0 Å². The number of furan rings is 2. The topological polar surface area (TPSA) is 18.1 Å². The molecule has 0 radical (unpaired) electrons. The van der Waals surface area contributed by atoms with Crippen molar-refractivity contribution in [3.8, 4) is 0 Å². The predicted octanol–water partition coefficient (Wildman–Crippen LogP) is 7.65. The van der Waals surface area contributed by atoms with Crippen LogP contribution in [0.1, 0.15) is 32.7 Å². The van der Waals surface area contributed by atoms with E-state index in [0.717, 1.165) is 11.2 Å². The average Bonchev–Trinajstić information content (AvgIpc) is 3.37. The smallest absolute Gasteiger partial charge is 0.144 e. The Morgan fingerprint density at radius 1 is 0.852 bits per heavy atom. The van der Waals surface area contributed by atoms with Crippen molar-refractivity contribution in [2.45, 2.75) is 32.7 Å². The Kier molecular flexibility index (Phi) is 2.94. The summed E-state index contributed by atoms with van der Waals surface area (Å²) in [6.45, 7) is 4.56. The summed E-state index contributed by atoms with van der Waals surface area (Å²) in [5.74, 6) is 0. The van der Waals surface area contributed by atoms with Crippen molar-refractivity contribution in [3.63, 3.8) is 0 Å². The van der Waals surface area contributed by atoms with Crippen molar-refractivity contribution in [1.82, 2.24) is 4.57 Å². The first-order chi connectivity index (χ1) is 13.3. The van der Waals surface area contributed by atoms with Crippen LogP contribution in [0.2, 0.25) is 0 Å². The van der Waals surface area contributed by atoms with Crippen LogP contribution in [0.3, 0.4) is 0 Å². The van der Waals surface area contributed by atoms with Crippen LogP contribution < -0.4 is 0 Å². The molecule has 3 heterocycles. The monoisotopic (exact) mass is 351 g/mol. The third-order valence-corrected chi connectivity index (χ3v) is 6.13. The number of benzene rings is 4. The molecule has 27 heavy (non-hydrogen) atoms. The van der Waals surface area contributed by atoms with E-state index < -0.39 is 0 Å². The zero-order chi connectivity index (χ0) is 18.1. The van der Waals surface area contributed by atoms with E-state index >= 15 is 0 Å². The van der Waals surface area contributed by atoms with Gasteiger partial charge in [-0.2, -0.15) is 0 Å². The maximum Gasteiger partial charge on any atom is 0.144 e. The third-order valence-electron chi connectivity index (χ3n) is 6.13. The highest BCUT2D eigenvalue weighted by molar-refractivity contribution is 6.32. The van der Waals surface area contributed by atoms with E-state index in [2.05, 4.69) is 79.2 Å². The van der Waals surface area contributed by atoms with Crippen LogP contribution in [0.25, 0.3) is 54.4 Å². The van der Waals surface area contributed by atoms with E-state index in [1.54, 1.807) is 0 Å². The molecule has 0 fully saturated rings. The Labute approximate surface area is 157 Å². The molecule has 2 heteroatoms. The lowest BCUT2D eigenvalue weighted by Gasteiger charge is -2.14. The third kappa shape index (κ3) is 1.90. The number of hydrogen-bond acceptors (Lipinski definition) is 1. The fourth-order valence-corrected chi connectivity index (χ4v) is 4.83. The lowest BCUT2D eigenvalue weighted by molar-refractivity contribution is 0.515. The highest BCUT2D eigenvalue weighted by Crippen LogP contribution is 2.45. The van der Waals surface area contributed by atoms with Gasteiger partial charge in [0.05, 0.1) is 0 Å². The molecule has 0 aliphatic carbocycles. The lowest BCUT2D eigenvalue weighted by atomic mass is 9.98. The summed E-state index contributed by atoms with van der Waals surface area (Å²) in [6.07, 6.45) is 4.63. The summed E-state index contributed by atoms with van der Waals surface area (Å²) in [5.41, 5.74) is 3.37. The van der Waals surface area contributed by atoms with Gasteiger partial charge in [0.15, 0.2) is 0 Å². The van der Waals surface area contributed by atoms with Gasteiger partial charge >= 0.3 is 0 Å². The van der Waals surface area contributed by atoms with Crippen molar-refractivity contribution in [2.75, 3.05) is 0 Å². The van der Waals surface area contributed by atoms with Gasteiger partial charge in [-0.25, -0.2) is 0 Å². The minimum Gasteiger partial charge on any atom is -0.455 e. The number of rotatable bonds is 3. The summed E-state index contributed by atoms with van der Waals surface area (Å²) in [4.78, 5) is 0. The van der Waals surface area contributed by atoms with Crippen LogP contribution in [-0.4, -0.2) is 4.57 Å². The fourth-order valence-electron chi connectivity index (χ4n) is 4.83. The normalized spacial score (nSPS) is 13.7. The minimum atomic E-state index is 0.513. The molecule has 0 aliphatic heterocycles. The van der Waals surface area contributed by atoms with Crippen molar-refractivity contribution in [3.05, 3.63) is 60.8 Å². The molecular formula is C25H21NO. The lowest BCUT2D eigenvalue weighted by Crippen LogP contribution is -2.02. The molecule has 0 spiro atoms. The van der Waals surface area contributed by atoms with Crippen LogP contribution in [0.4, 0.5) is 0 Å². The molecule has 2 bridgehead atoms. The summed E-state index contributed by atoms with van der Waals surface area (Å²) in [5, 5.41) is 8.81. The van der Waals surface area contributed by atoms with Gasteiger partial charge in [-0.1, -0.05) is 37.6 Å². The molecule has 3 aromatic carbocycles. The van der Waals surface area contributed by atoms with Gasteiger partial charge in [0.1, 0.15) is 11.2 Å². The van der Waals surface area contributed by atoms with Crippen LogP contribution in [0.15, 0.2) is 65.2 Å². The molecule has 3 aromatic heterocycles. The highest BCUT2D eigenvalue weighted by Gasteiger charge is 2.21. The van der Waals surface area contributed by atoms with Crippen molar-refractivity contribution >= 4 is 54.4 Å². The number of aromatic nitrogens is 1. The van der Waals surface area contributed by atoms with Gasteiger partial charge in [0.25, 0.3) is 0 Å². The van der Waals surface area contributed by atoms with Crippen molar-refractivity contribution in [1.29, 1.82) is 0 Å². The second-order valence-corrected chi connectivity index (χ2v) is 7.79. The Morgan fingerprint density at radius 3 is 2.33 bits per heavy atom. The second-order valence-electron chi connectivity index (χ2n) is 7.79. The van der Waals surface area contributed by atoms with E-state index in [-0.39, 0.29) is 0 Å². The number of hydrogen-bond donors (Lipinski definition) is 0. The molecule has 1 atom stereocenters. The predicted molar refractivity (Wildman–Crippen MR) is 115 cm³/mol. The number of fused-ring (bicyclic) bond motifs is 11. The van der Waals surface area contributed by atoms with Crippen molar-refractivity contribution in [2.24, 2.45) is 0 Å². The summed E-state index contributed by atoms with van der Waals surface area (Å²) < 4.78 is 8.75. The van der Waals surface area contributed by atoms with E-state index in [1.807, 2.05) is 0 Å². The molecule has 0 saturated carbocycles. The van der Waals surface area contributed by atoms with E-state index in [4.69, 9.17) is 4.42 Å². The van der Waals surface area contributed by atoms with Gasteiger partial charge in [-0.05, 0) is 54.4 Å². The van der Waals surface area contributed by atoms with Gasteiger partial charge in [-0.3, -0.25) is 0 Å². The first-order valence-corrected chi connectivity index (χ1v) is 9.86. The molecule has 0 amide bonds. The maximum absolute atomic E-state index is 6.33. The van der Waals surface area contributed by atoms with Crippen LogP contribution in [-0.2, 0) is 0 Å². The quantitative estimate of drug-likeness (QED) is 0.299.